The van der Waals surface area contributed by atoms with Crippen LogP contribution in [0.4, 0.5) is 0 Å². The monoisotopic (exact) mass is 206 g/mol. The van der Waals surface area contributed by atoms with E-state index in [1.54, 1.807) is 0 Å². The first-order valence-electron chi connectivity index (χ1n) is 5.57. The van der Waals surface area contributed by atoms with Crippen LogP contribution in [-0.2, 0) is 6.54 Å². The topological polar surface area (TPSA) is 29.3 Å². The van der Waals surface area contributed by atoms with Gasteiger partial charge >= 0.3 is 0 Å². The molecular formula is C13H22N2. The van der Waals surface area contributed by atoms with Gasteiger partial charge in [0.1, 0.15) is 0 Å². The molecule has 1 aromatic rings. The van der Waals surface area contributed by atoms with E-state index in [1.807, 2.05) is 0 Å². The molecule has 2 heteroatoms. The minimum absolute atomic E-state index is 0.567. The standard InChI is InChI=1S/C13H22N2/c1-11(7-8-14)13-6-4-5-12(9-13)10-15(2)3/h4-6,9,11H,7-8,10,14H2,1-3H3. The second-order valence-electron chi connectivity index (χ2n) is 4.46. The molecule has 0 saturated heterocycles. The van der Waals surface area contributed by atoms with Crippen molar-refractivity contribution in [3.05, 3.63) is 35.4 Å². The van der Waals surface area contributed by atoms with Crippen LogP contribution in [0.25, 0.3) is 0 Å². The number of hydrogen-bond donors (Lipinski definition) is 1. The van der Waals surface area contributed by atoms with Gasteiger partial charge in [-0.25, -0.2) is 0 Å². The van der Waals surface area contributed by atoms with E-state index in [9.17, 15) is 0 Å². The van der Waals surface area contributed by atoms with Gasteiger partial charge in [0.25, 0.3) is 0 Å². The maximum Gasteiger partial charge on any atom is 0.0227 e. The quantitative estimate of drug-likeness (QED) is 0.800. The molecule has 0 amide bonds. The summed E-state index contributed by atoms with van der Waals surface area (Å²) >= 11 is 0. The molecule has 2 N–H and O–H groups in total. The molecule has 0 saturated carbocycles. The molecule has 0 spiro atoms. The highest BCUT2D eigenvalue weighted by atomic mass is 15.0. The van der Waals surface area contributed by atoms with E-state index in [2.05, 4.69) is 50.2 Å². The predicted octanol–water partition coefficient (Wildman–Crippen LogP) is 2.20. The molecule has 1 unspecified atom stereocenters. The summed E-state index contributed by atoms with van der Waals surface area (Å²) in [6.45, 7) is 4.00. The second kappa shape index (κ2) is 5.89. The van der Waals surface area contributed by atoms with E-state index in [4.69, 9.17) is 5.73 Å². The van der Waals surface area contributed by atoms with Crippen LogP contribution in [-0.4, -0.2) is 25.5 Å². The Morgan fingerprint density at radius 3 is 2.67 bits per heavy atom. The van der Waals surface area contributed by atoms with E-state index in [1.165, 1.54) is 11.1 Å². The van der Waals surface area contributed by atoms with Crippen LogP contribution in [0.3, 0.4) is 0 Å². The first-order valence-corrected chi connectivity index (χ1v) is 5.57. The lowest BCUT2D eigenvalue weighted by atomic mass is 9.96. The average Bonchev–Trinajstić information content (AvgIpc) is 2.17. The second-order valence-corrected chi connectivity index (χ2v) is 4.46. The minimum atomic E-state index is 0.567. The Balaban J connectivity index is 2.73. The van der Waals surface area contributed by atoms with Crippen LogP contribution in [0.1, 0.15) is 30.4 Å². The van der Waals surface area contributed by atoms with Gasteiger partial charge in [-0.1, -0.05) is 31.2 Å². The van der Waals surface area contributed by atoms with Gasteiger partial charge in [0.15, 0.2) is 0 Å². The lowest BCUT2D eigenvalue weighted by Crippen LogP contribution is -2.11. The van der Waals surface area contributed by atoms with Gasteiger partial charge in [0.2, 0.25) is 0 Å². The van der Waals surface area contributed by atoms with Gasteiger partial charge in [-0.15, -0.1) is 0 Å². The Hall–Kier alpha value is -0.860. The summed E-state index contributed by atoms with van der Waals surface area (Å²) in [6, 6.07) is 8.81. The SMILES string of the molecule is CC(CCN)c1cccc(CN(C)C)c1. The number of hydrogen-bond acceptors (Lipinski definition) is 2. The molecule has 0 aliphatic rings. The van der Waals surface area contributed by atoms with Gasteiger partial charge in [0.05, 0.1) is 0 Å². The van der Waals surface area contributed by atoms with Crippen LogP contribution in [0, 0.1) is 0 Å². The molecule has 0 heterocycles. The zero-order valence-corrected chi connectivity index (χ0v) is 10.0. The first kappa shape index (κ1) is 12.2. The van der Waals surface area contributed by atoms with Crippen molar-refractivity contribution in [1.82, 2.24) is 4.90 Å². The summed E-state index contributed by atoms with van der Waals surface area (Å²) in [4.78, 5) is 2.19. The largest absolute Gasteiger partial charge is 0.330 e. The third-order valence-electron chi connectivity index (χ3n) is 2.62. The maximum atomic E-state index is 5.58. The molecular weight excluding hydrogens is 184 g/mol. The van der Waals surface area contributed by atoms with Crippen molar-refractivity contribution in [3.63, 3.8) is 0 Å². The number of benzene rings is 1. The van der Waals surface area contributed by atoms with Crippen molar-refractivity contribution in [3.8, 4) is 0 Å². The molecule has 15 heavy (non-hydrogen) atoms. The highest BCUT2D eigenvalue weighted by molar-refractivity contribution is 5.26. The van der Waals surface area contributed by atoms with Gasteiger partial charge < -0.3 is 10.6 Å². The third kappa shape index (κ3) is 4.02. The predicted molar refractivity (Wildman–Crippen MR) is 65.9 cm³/mol. The molecule has 0 fully saturated rings. The van der Waals surface area contributed by atoms with Crippen molar-refractivity contribution < 1.29 is 0 Å². The Kier molecular flexibility index (Phi) is 4.79. The fourth-order valence-electron chi connectivity index (χ4n) is 1.78. The lowest BCUT2D eigenvalue weighted by molar-refractivity contribution is 0.402. The van der Waals surface area contributed by atoms with Crippen LogP contribution in [0.2, 0.25) is 0 Å². The van der Waals surface area contributed by atoms with Crippen LogP contribution < -0.4 is 5.73 Å². The molecule has 1 rings (SSSR count). The van der Waals surface area contributed by atoms with E-state index in [0.29, 0.717) is 5.92 Å². The normalized spacial score (nSPS) is 13.1. The Morgan fingerprint density at radius 2 is 2.07 bits per heavy atom. The molecule has 0 radical (unpaired) electrons. The van der Waals surface area contributed by atoms with Crippen LogP contribution >= 0.6 is 0 Å². The first-order chi connectivity index (χ1) is 7.13. The van der Waals surface area contributed by atoms with Crippen molar-refractivity contribution in [2.24, 2.45) is 5.73 Å². The van der Waals surface area contributed by atoms with Gasteiger partial charge in [-0.3, -0.25) is 0 Å². The summed E-state index contributed by atoms with van der Waals surface area (Å²) in [5.74, 6) is 0.567. The highest BCUT2D eigenvalue weighted by Crippen LogP contribution is 2.19. The van der Waals surface area contributed by atoms with Crippen LogP contribution in [0.5, 0.6) is 0 Å². The number of rotatable bonds is 5. The van der Waals surface area contributed by atoms with Gasteiger partial charge in [-0.05, 0) is 44.1 Å². The lowest BCUT2D eigenvalue weighted by Gasteiger charge is -2.14. The fourth-order valence-corrected chi connectivity index (χ4v) is 1.78. The summed E-state index contributed by atoms with van der Waals surface area (Å²) in [6.07, 6.45) is 1.06. The zero-order chi connectivity index (χ0) is 11.3. The fraction of sp³-hybridized carbons (Fsp3) is 0.538. The van der Waals surface area contributed by atoms with E-state index in [0.717, 1.165) is 19.5 Å². The number of nitrogens with two attached hydrogens (primary N) is 1. The summed E-state index contributed by atoms with van der Waals surface area (Å²) < 4.78 is 0. The molecule has 0 aliphatic heterocycles. The number of nitrogens with zero attached hydrogens (tertiary/aromatic N) is 1. The Labute approximate surface area is 93.1 Å². The molecule has 0 aliphatic carbocycles. The van der Waals surface area contributed by atoms with Gasteiger partial charge in [0, 0.05) is 6.54 Å². The van der Waals surface area contributed by atoms with Gasteiger partial charge in [-0.2, -0.15) is 0 Å². The molecule has 1 atom stereocenters. The van der Waals surface area contributed by atoms with E-state index in [-0.39, 0.29) is 0 Å². The highest BCUT2D eigenvalue weighted by Gasteiger charge is 2.05. The third-order valence-corrected chi connectivity index (χ3v) is 2.62. The van der Waals surface area contributed by atoms with Crippen molar-refractivity contribution >= 4 is 0 Å². The van der Waals surface area contributed by atoms with E-state index >= 15 is 0 Å². The summed E-state index contributed by atoms with van der Waals surface area (Å²) in [5.41, 5.74) is 8.36. The molecule has 1 aromatic carbocycles. The van der Waals surface area contributed by atoms with Crippen LogP contribution in [0.15, 0.2) is 24.3 Å². The Morgan fingerprint density at radius 1 is 1.33 bits per heavy atom. The Bertz CT molecular complexity index is 294. The van der Waals surface area contributed by atoms with E-state index < -0.39 is 0 Å². The maximum absolute atomic E-state index is 5.58. The van der Waals surface area contributed by atoms with Crippen molar-refractivity contribution in [2.45, 2.75) is 25.8 Å². The van der Waals surface area contributed by atoms with Crippen molar-refractivity contribution in [1.29, 1.82) is 0 Å². The summed E-state index contributed by atoms with van der Waals surface area (Å²) in [5, 5.41) is 0. The smallest absolute Gasteiger partial charge is 0.0227 e. The van der Waals surface area contributed by atoms with Crippen molar-refractivity contribution in [2.75, 3.05) is 20.6 Å². The molecule has 0 aromatic heterocycles. The molecule has 2 nitrogen and oxygen atoms in total. The average molecular weight is 206 g/mol. The molecule has 84 valence electrons. The zero-order valence-electron chi connectivity index (χ0n) is 10.0. The minimum Gasteiger partial charge on any atom is -0.330 e. The molecule has 0 bridgehead atoms. The summed E-state index contributed by atoms with van der Waals surface area (Å²) in [7, 11) is 4.19.